The normalized spacial score (nSPS) is 13.4. The Balaban J connectivity index is 4.95. The predicted octanol–water partition coefficient (Wildman–Crippen LogP) is -4.44. The lowest BCUT2D eigenvalue weighted by molar-refractivity contribution is -0.142. The highest BCUT2D eigenvalue weighted by Crippen LogP contribution is 2.02. The van der Waals surface area contributed by atoms with Gasteiger partial charge < -0.3 is 44.4 Å². The molecule has 0 aliphatic rings. The van der Waals surface area contributed by atoms with Crippen LogP contribution in [0.15, 0.2) is 4.99 Å². The van der Waals surface area contributed by atoms with Crippen LogP contribution in [0.1, 0.15) is 32.1 Å². The summed E-state index contributed by atoms with van der Waals surface area (Å²) in [6, 6.07) is -3.92. The van der Waals surface area contributed by atoms with Crippen LogP contribution in [-0.4, -0.2) is 65.3 Å². The van der Waals surface area contributed by atoms with E-state index in [1.807, 2.05) is 0 Å². The van der Waals surface area contributed by atoms with E-state index in [1.54, 1.807) is 0 Å². The van der Waals surface area contributed by atoms with Gasteiger partial charge in [0.25, 0.3) is 0 Å². The zero-order chi connectivity index (χ0) is 22.6. The number of nitrogens with two attached hydrogens (primary N) is 5. The van der Waals surface area contributed by atoms with Gasteiger partial charge in [-0.1, -0.05) is 0 Å². The molecule has 4 amide bonds. The van der Waals surface area contributed by atoms with E-state index in [4.69, 9.17) is 33.8 Å². The molecule has 0 saturated heterocycles. The summed E-state index contributed by atoms with van der Waals surface area (Å²) in [6.07, 6.45) is -0.569. The molecule has 14 heteroatoms. The highest BCUT2D eigenvalue weighted by molar-refractivity contribution is 5.94. The monoisotopic (exact) mass is 416 g/mol. The number of primary amides is 2. The Morgan fingerprint density at radius 2 is 1.45 bits per heavy atom. The Hall–Kier alpha value is -3.42. The van der Waals surface area contributed by atoms with Gasteiger partial charge in [0.15, 0.2) is 5.96 Å². The smallest absolute Gasteiger partial charge is 0.326 e. The number of amides is 4. The number of nitrogens with one attached hydrogen (secondary N) is 2. The molecule has 0 aromatic heterocycles. The Bertz CT molecular complexity index is 649. The van der Waals surface area contributed by atoms with Gasteiger partial charge in [-0.25, -0.2) is 4.79 Å². The van der Waals surface area contributed by atoms with Crippen molar-refractivity contribution < 1.29 is 29.1 Å². The summed E-state index contributed by atoms with van der Waals surface area (Å²) in [5.41, 5.74) is 26.1. The van der Waals surface area contributed by atoms with Crippen molar-refractivity contribution in [2.24, 2.45) is 33.7 Å². The van der Waals surface area contributed by atoms with E-state index in [1.165, 1.54) is 0 Å². The van der Waals surface area contributed by atoms with E-state index in [9.17, 15) is 24.0 Å². The molecule has 13 N–H and O–H groups in total. The number of carboxylic acid groups (broad SMARTS) is 1. The maximum absolute atomic E-state index is 12.3. The molecule has 0 spiro atoms. The van der Waals surface area contributed by atoms with Gasteiger partial charge in [0.2, 0.25) is 23.6 Å². The summed E-state index contributed by atoms with van der Waals surface area (Å²) in [5.74, 6) is -4.90. The lowest BCUT2D eigenvalue weighted by atomic mass is 10.1. The molecule has 0 bridgehead atoms. The van der Waals surface area contributed by atoms with Crippen LogP contribution in [0.3, 0.4) is 0 Å². The number of hydrogen-bond acceptors (Lipinski definition) is 7. The van der Waals surface area contributed by atoms with Gasteiger partial charge in [0.05, 0.1) is 12.5 Å². The van der Waals surface area contributed by atoms with E-state index in [0.29, 0.717) is 6.42 Å². The molecule has 0 saturated carbocycles. The molecule has 29 heavy (non-hydrogen) atoms. The number of guanidine groups is 1. The van der Waals surface area contributed by atoms with Crippen LogP contribution in [0.25, 0.3) is 0 Å². The molecule has 0 radical (unpaired) electrons. The molecule has 0 fully saturated rings. The Morgan fingerprint density at radius 1 is 0.862 bits per heavy atom. The number of carboxylic acids is 1. The molecule has 0 aliphatic heterocycles. The zero-order valence-corrected chi connectivity index (χ0v) is 15.8. The molecule has 0 heterocycles. The predicted molar refractivity (Wildman–Crippen MR) is 102 cm³/mol. The third-order valence-corrected chi connectivity index (χ3v) is 3.64. The first-order valence-corrected chi connectivity index (χ1v) is 8.65. The van der Waals surface area contributed by atoms with Crippen molar-refractivity contribution in [3.05, 3.63) is 0 Å². The van der Waals surface area contributed by atoms with E-state index in [2.05, 4.69) is 15.6 Å². The van der Waals surface area contributed by atoms with Crippen LogP contribution in [0.5, 0.6) is 0 Å². The summed E-state index contributed by atoms with van der Waals surface area (Å²) in [5, 5.41) is 13.5. The minimum absolute atomic E-state index is 0.106. The average molecular weight is 416 g/mol. The molecule has 0 unspecified atom stereocenters. The van der Waals surface area contributed by atoms with Gasteiger partial charge in [0.1, 0.15) is 12.1 Å². The molecule has 0 aliphatic carbocycles. The highest BCUT2D eigenvalue weighted by atomic mass is 16.4. The van der Waals surface area contributed by atoms with Gasteiger partial charge in [-0.2, -0.15) is 0 Å². The fourth-order valence-electron chi connectivity index (χ4n) is 2.16. The van der Waals surface area contributed by atoms with Gasteiger partial charge in [-0.05, 0) is 19.3 Å². The second-order valence-electron chi connectivity index (χ2n) is 6.19. The minimum atomic E-state index is -1.45. The number of aliphatic carboxylic acids is 1. The molecular weight excluding hydrogens is 388 g/mol. The van der Waals surface area contributed by atoms with Crippen molar-refractivity contribution in [1.82, 2.24) is 10.6 Å². The fourth-order valence-corrected chi connectivity index (χ4v) is 2.16. The summed E-state index contributed by atoms with van der Waals surface area (Å²) in [7, 11) is 0. The Morgan fingerprint density at radius 3 is 1.93 bits per heavy atom. The first-order chi connectivity index (χ1) is 13.4. The van der Waals surface area contributed by atoms with Crippen LogP contribution < -0.4 is 39.3 Å². The largest absolute Gasteiger partial charge is 0.480 e. The lowest BCUT2D eigenvalue weighted by Gasteiger charge is -2.22. The first kappa shape index (κ1) is 25.6. The number of nitrogens with zero attached hydrogens (tertiary/aromatic N) is 1. The Kier molecular flexibility index (Phi) is 11.4. The van der Waals surface area contributed by atoms with Crippen molar-refractivity contribution in [3.8, 4) is 0 Å². The van der Waals surface area contributed by atoms with Gasteiger partial charge in [0, 0.05) is 13.0 Å². The van der Waals surface area contributed by atoms with Crippen LogP contribution >= 0.6 is 0 Å². The molecule has 0 rings (SSSR count). The average Bonchev–Trinajstić information content (AvgIpc) is 2.60. The molecule has 3 atom stereocenters. The summed E-state index contributed by atoms with van der Waals surface area (Å²) >= 11 is 0. The summed E-state index contributed by atoms with van der Waals surface area (Å²) in [4.78, 5) is 61.5. The number of carbonyl (C=O) groups is 5. The first-order valence-electron chi connectivity index (χ1n) is 8.65. The van der Waals surface area contributed by atoms with Crippen molar-refractivity contribution >= 4 is 35.6 Å². The maximum Gasteiger partial charge on any atom is 0.326 e. The van der Waals surface area contributed by atoms with E-state index in [-0.39, 0.29) is 31.8 Å². The molecule has 0 aromatic rings. The van der Waals surface area contributed by atoms with Crippen molar-refractivity contribution in [2.75, 3.05) is 6.54 Å². The highest BCUT2D eigenvalue weighted by Gasteiger charge is 2.29. The lowest BCUT2D eigenvalue weighted by Crippen LogP contribution is -2.55. The summed E-state index contributed by atoms with van der Waals surface area (Å²) < 4.78 is 0. The Labute approximate surface area is 166 Å². The molecule has 14 nitrogen and oxygen atoms in total. The topological polar surface area (TPSA) is 272 Å². The SMILES string of the molecule is NC(=O)CC[C@H](NC(=O)[C@H](CC(N)=O)NC(=O)[C@@H](N)CCCN=C(N)N)C(=O)O. The van der Waals surface area contributed by atoms with Crippen LogP contribution in [0, 0.1) is 0 Å². The second-order valence-corrected chi connectivity index (χ2v) is 6.19. The van der Waals surface area contributed by atoms with Gasteiger partial charge >= 0.3 is 5.97 Å². The summed E-state index contributed by atoms with van der Waals surface area (Å²) in [6.45, 7) is 0.245. The standard InChI is InChI=1S/C15H28N8O6/c16-7(2-1-5-21-15(19)20)12(26)23-9(6-11(18)25)13(27)22-8(14(28)29)3-4-10(17)24/h7-9H,1-6,16H2,(H2,17,24)(H2,18,25)(H,22,27)(H,23,26)(H,28,29)(H4,19,20,21)/t7-,8-,9-/m0/s1. The molecular formula is C15H28N8O6. The number of rotatable bonds is 14. The van der Waals surface area contributed by atoms with E-state index >= 15 is 0 Å². The quantitative estimate of drug-likeness (QED) is 0.0769. The number of carbonyl (C=O) groups excluding carboxylic acids is 4. The third-order valence-electron chi connectivity index (χ3n) is 3.64. The van der Waals surface area contributed by atoms with E-state index in [0.717, 1.165) is 0 Å². The van der Waals surface area contributed by atoms with Crippen LogP contribution in [0.4, 0.5) is 0 Å². The van der Waals surface area contributed by atoms with Crippen molar-refractivity contribution in [3.63, 3.8) is 0 Å². The third kappa shape index (κ3) is 11.8. The fraction of sp³-hybridized carbons (Fsp3) is 0.600. The second kappa shape index (κ2) is 12.9. The van der Waals surface area contributed by atoms with Gasteiger partial charge in [-0.15, -0.1) is 0 Å². The molecule has 0 aromatic carbocycles. The van der Waals surface area contributed by atoms with E-state index < -0.39 is 54.1 Å². The maximum atomic E-state index is 12.3. The minimum Gasteiger partial charge on any atom is -0.480 e. The van der Waals surface area contributed by atoms with Crippen LogP contribution in [0.2, 0.25) is 0 Å². The zero-order valence-electron chi connectivity index (χ0n) is 15.8. The van der Waals surface area contributed by atoms with Gasteiger partial charge in [-0.3, -0.25) is 24.2 Å². The number of aliphatic imine (C=N–C) groups is 1. The van der Waals surface area contributed by atoms with Crippen LogP contribution in [-0.2, 0) is 24.0 Å². The number of hydrogen-bond donors (Lipinski definition) is 8. The van der Waals surface area contributed by atoms with Crippen molar-refractivity contribution in [1.29, 1.82) is 0 Å². The van der Waals surface area contributed by atoms with Crippen molar-refractivity contribution in [2.45, 2.75) is 50.2 Å². The molecule has 164 valence electrons.